The summed E-state index contributed by atoms with van der Waals surface area (Å²) in [4.78, 5) is 3.48. The monoisotopic (exact) mass is 368 g/mol. The van der Waals surface area contributed by atoms with Crippen LogP contribution in [-0.4, -0.2) is 19.8 Å². The van der Waals surface area contributed by atoms with Crippen LogP contribution in [0.15, 0.2) is 65.7 Å². The maximum absolute atomic E-state index is 12.6. The van der Waals surface area contributed by atoms with Crippen molar-refractivity contribution in [1.29, 1.82) is 0 Å². The highest BCUT2D eigenvalue weighted by Crippen LogP contribution is 2.31. The number of alkyl halides is 3. The van der Waals surface area contributed by atoms with Gasteiger partial charge in [0.2, 0.25) is 0 Å². The van der Waals surface area contributed by atoms with Crippen molar-refractivity contribution in [1.82, 2.24) is 4.98 Å². The third-order valence-electron chi connectivity index (χ3n) is 3.24. The summed E-state index contributed by atoms with van der Waals surface area (Å²) in [5.41, 5.74) is 0.530. The molecule has 0 bridgehead atoms. The van der Waals surface area contributed by atoms with Crippen LogP contribution in [0.25, 0.3) is 10.9 Å². The van der Waals surface area contributed by atoms with Gasteiger partial charge in [-0.25, -0.2) is 8.42 Å². The van der Waals surface area contributed by atoms with Crippen LogP contribution in [0.4, 0.5) is 18.9 Å². The molecule has 0 aliphatic rings. The number of benzene rings is 2. The Morgan fingerprint density at radius 2 is 1.68 bits per heavy atom. The van der Waals surface area contributed by atoms with Crippen molar-refractivity contribution in [3.63, 3.8) is 0 Å². The Hall–Kier alpha value is -2.81. The highest BCUT2D eigenvalue weighted by atomic mass is 32.2. The second kappa shape index (κ2) is 6.25. The number of aromatic nitrogens is 1. The van der Waals surface area contributed by atoms with Gasteiger partial charge in [0.05, 0.1) is 11.2 Å². The molecule has 1 heterocycles. The highest BCUT2D eigenvalue weighted by molar-refractivity contribution is 7.92. The van der Waals surface area contributed by atoms with Crippen LogP contribution in [0.2, 0.25) is 0 Å². The first-order chi connectivity index (χ1) is 11.8. The summed E-state index contributed by atoms with van der Waals surface area (Å²) in [5.74, 6) is -0.810. The first kappa shape index (κ1) is 17.0. The zero-order chi connectivity index (χ0) is 18.1. The molecule has 2 aromatic carbocycles. The quantitative estimate of drug-likeness (QED) is 0.758. The molecule has 0 atom stereocenters. The summed E-state index contributed by atoms with van der Waals surface area (Å²) < 4.78 is 68.7. The van der Waals surface area contributed by atoms with Gasteiger partial charge in [0, 0.05) is 11.6 Å². The van der Waals surface area contributed by atoms with Crippen LogP contribution in [0.1, 0.15) is 0 Å². The molecule has 0 spiro atoms. The average molecular weight is 368 g/mol. The molecule has 0 radical (unpaired) electrons. The molecular formula is C16H11F3N2O3S. The molecule has 130 valence electrons. The lowest BCUT2D eigenvalue weighted by Gasteiger charge is -2.15. The maximum atomic E-state index is 12.6. The number of fused-ring (bicyclic) bond motifs is 1. The zero-order valence-corrected chi connectivity index (χ0v) is 13.3. The van der Waals surface area contributed by atoms with E-state index in [0.717, 1.165) is 12.1 Å². The van der Waals surface area contributed by atoms with Crippen LogP contribution in [0.3, 0.4) is 0 Å². The molecule has 0 saturated heterocycles. The lowest BCUT2D eigenvalue weighted by atomic mass is 10.2. The minimum atomic E-state index is -5.01. The number of pyridine rings is 1. The van der Waals surface area contributed by atoms with Crippen LogP contribution in [-0.2, 0) is 10.0 Å². The van der Waals surface area contributed by atoms with Gasteiger partial charge < -0.3 is 4.74 Å². The maximum Gasteiger partial charge on any atom is 0.573 e. The normalized spacial score (nSPS) is 12.1. The molecule has 1 aromatic heterocycles. The van der Waals surface area contributed by atoms with Crippen LogP contribution < -0.4 is 9.46 Å². The van der Waals surface area contributed by atoms with Gasteiger partial charge in [0.25, 0.3) is 10.0 Å². The summed E-state index contributed by atoms with van der Waals surface area (Å²) in [6.07, 6.45) is -3.52. The Bertz CT molecular complexity index is 1020. The van der Waals surface area contributed by atoms with Crippen molar-refractivity contribution in [2.45, 2.75) is 11.3 Å². The van der Waals surface area contributed by atoms with Crippen molar-refractivity contribution in [2.75, 3.05) is 4.72 Å². The summed E-state index contributed by atoms with van der Waals surface area (Å²) in [6, 6.07) is 12.8. The Morgan fingerprint density at radius 1 is 0.960 bits per heavy atom. The van der Waals surface area contributed by atoms with E-state index >= 15 is 0 Å². The molecule has 1 N–H and O–H groups in total. The van der Waals surface area contributed by atoms with Crippen molar-refractivity contribution < 1.29 is 26.3 Å². The molecule has 9 heteroatoms. The van der Waals surface area contributed by atoms with Crippen molar-refractivity contribution in [3.8, 4) is 5.75 Å². The smallest absolute Gasteiger partial charge is 0.404 e. The Balaban J connectivity index is 2.03. The molecule has 3 aromatic rings. The second-order valence-electron chi connectivity index (χ2n) is 4.98. The van der Waals surface area contributed by atoms with Gasteiger partial charge in [-0.05, 0) is 24.3 Å². The van der Waals surface area contributed by atoms with Gasteiger partial charge in [0.15, 0.2) is 0 Å². The molecule has 0 amide bonds. The molecule has 25 heavy (non-hydrogen) atoms. The van der Waals surface area contributed by atoms with E-state index in [4.69, 9.17) is 0 Å². The topological polar surface area (TPSA) is 68.3 Å². The molecule has 0 aliphatic heterocycles. The summed E-state index contributed by atoms with van der Waals surface area (Å²) in [6.45, 7) is 0. The van der Waals surface area contributed by atoms with Gasteiger partial charge in [-0.3, -0.25) is 9.71 Å². The van der Waals surface area contributed by atoms with Crippen LogP contribution in [0.5, 0.6) is 5.75 Å². The van der Waals surface area contributed by atoms with Crippen molar-refractivity contribution in [3.05, 3.63) is 60.8 Å². The van der Waals surface area contributed by atoms with E-state index in [-0.39, 0.29) is 5.69 Å². The number of nitrogens with zero attached hydrogens (tertiary/aromatic N) is 1. The number of halogens is 3. The third kappa shape index (κ3) is 3.82. The van der Waals surface area contributed by atoms with Crippen molar-refractivity contribution in [2.24, 2.45) is 0 Å². The Kier molecular flexibility index (Phi) is 4.25. The molecule has 3 rings (SSSR count). The fourth-order valence-electron chi connectivity index (χ4n) is 2.27. The number of nitrogens with one attached hydrogen (secondary N) is 1. The van der Waals surface area contributed by atoms with Gasteiger partial charge in [-0.15, -0.1) is 13.2 Å². The number of para-hydroxylation sites is 2. The van der Waals surface area contributed by atoms with E-state index in [2.05, 4.69) is 14.4 Å². The second-order valence-corrected chi connectivity index (χ2v) is 6.63. The summed E-state index contributed by atoms with van der Waals surface area (Å²) in [7, 11) is -4.32. The number of anilines is 1. The number of ether oxygens (including phenoxy) is 1. The molecule has 0 saturated carbocycles. The van der Waals surface area contributed by atoms with Gasteiger partial charge in [-0.2, -0.15) is 0 Å². The fourth-order valence-corrected chi connectivity index (χ4v) is 3.46. The van der Waals surface area contributed by atoms with Gasteiger partial charge >= 0.3 is 6.36 Å². The molecule has 0 unspecified atom stereocenters. The average Bonchev–Trinajstić information content (AvgIpc) is 2.54. The van der Waals surface area contributed by atoms with Gasteiger partial charge in [0.1, 0.15) is 10.6 Å². The Morgan fingerprint density at radius 3 is 2.44 bits per heavy atom. The lowest BCUT2D eigenvalue weighted by molar-refractivity contribution is -0.275. The first-order valence-electron chi connectivity index (χ1n) is 6.98. The third-order valence-corrected chi connectivity index (χ3v) is 4.65. The SMILES string of the molecule is O=S(=O)(Nc1cccc2cccnc12)c1ccccc1OC(F)(F)F. The van der Waals surface area contributed by atoms with E-state index < -0.39 is 27.0 Å². The summed E-state index contributed by atoms with van der Waals surface area (Å²) >= 11 is 0. The molecule has 0 fully saturated rings. The van der Waals surface area contributed by atoms with E-state index in [1.54, 1.807) is 24.3 Å². The standard InChI is InChI=1S/C16H11F3N2O3S/c17-16(18,19)24-13-8-1-2-9-14(13)25(22,23)21-12-7-3-5-11-6-4-10-20-15(11)12/h1-10,21H. The molecule has 5 nitrogen and oxygen atoms in total. The molecule has 0 aliphatic carbocycles. The van der Waals surface area contributed by atoms with Gasteiger partial charge in [-0.1, -0.05) is 30.3 Å². The molecular weight excluding hydrogens is 357 g/mol. The predicted molar refractivity (Wildman–Crippen MR) is 85.7 cm³/mol. The minimum Gasteiger partial charge on any atom is -0.404 e. The fraction of sp³-hybridized carbons (Fsp3) is 0.0625. The van der Waals surface area contributed by atoms with Crippen LogP contribution in [0, 0.1) is 0 Å². The van der Waals surface area contributed by atoms with E-state index in [1.165, 1.54) is 24.4 Å². The number of hydrogen-bond acceptors (Lipinski definition) is 4. The Labute approximate surface area is 141 Å². The number of sulfonamides is 1. The summed E-state index contributed by atoms with van der Waals surface area (Å²) in [5, 5.41) is 0.683. The largest absolute Gasteiger partial charge is 0.573 e. The minimum absolute atomic E-state index is 0.153. The highest BCUT2D eigenvalue weighted by Gasteiger charge is 2.34. The van der Waals surface area contributed by atoms with Crippen molar-refractivity contribution >= 4 is 26.6 Å². The van der Waals surface area contributed by atoms with E-state index in [0.29, 0.717) is 10.9 Å². The lowest BCUT2D eigenvalue weighted by Crippen LogP contribution is -2.21. The number of hydrogen-bond donors (Lipinski definition) is 1. The number of rotatable bonds is 4. The predicted octanol–water partition coefficient (Wildman–Crippen LogP) is 3.93. The van der Waals surface area contributed by atoms with E-state index in [9.17, 15) is 21.6 Å². The zero-order valence-electron chi connectivity index (χ0n) is 12.5. The first-order valence-corrected chi connectivity index (χ1v) is 8.46. The van der Waals surface area contributed by atoms with Crippen LogP contribution >= 0.6 is 0 Å². The van der Waals surface area contributed by atoms with E-state index in [1.807, 2.05) is 0 Å².